The van der Waals surface area contributed by atoms with Crippen molar-refractivity contribution in [1.82, 2.24) is 4.98 Å². The molecule has 0 saturated carbocycles. The normalized spacial score (nSPS) is 12.1. The van der Waals surface area contributed by atoms with Crippen molar-refractivity contribution in [2.24, 2.45) is 5.92 Å². The van der Waals surface area contributed by atoms with E-state index in [4.69, 9.17) is 16.7 Å². The largest absolute Gasteiger partial charge is 0.481 e. The van der Waals surface area contributed by atoms with Gasteiger partial charge in [0, 0.05) is 23.8 Å². The molecule has 1 N–H and O–H groups in total. The lowest BCUT2D eigenvalue weighted by Gasteiger charge is -2.03. The van der Waals surface area contributed by atoms with Crippen LogP contribution in [0.3, 0.4) is 0 Å². The first-order chi connectivity index (χ1) is 9.97. The summed E-state index contributed by atoms with van der Waals surface area (Å²) in [7, 11) is 0. The van der Waals surface area contributed by atoms with E-state index in [9.17, 15) is 9.59 Å². The van der Waals surface area contributed by atoms with E-state index < -0.39 is 11.9 Å². The molecular formula is C15H14ClNO3S. The van der Waals surface area contributed by atoms with Crippen LogP contribution in [0.25, 0.3) is 10.6 Å². The maximum Gasteiger partial charge on any atom is 0.306 e. The van der Waals surface area contributed by atoms with Crippen LogP contribution in [0.4, 0.5) is 0 Å². The van der Waals surface area contributed by atoms with Gasteiger partial charge in [-0.1, -0.05) is 36.7 Å². The highest BCUT2D eigenvalue weighted by molar-refractivity contribution is 7.13. The quantitative estimate of drug-likeness (QED) is 0.880. The number of carbonyl (C=O) groups is 2. The Hall–Kier alpha value is -1.72. The summed E-state index contributed by atoms with van der Waals surface area (Å²) in [6, 6.07) is 7.38. The Morgan fingerprint density at radius 2 is 2.10 bits per heavy atom. The molecule has 2 rings (SSSR count). The first-order valence-corrected chi connectivity index (χ1v) is 7.67. The minimum Gasteiger partial charge on any atom is -0.481 e. The van der Waals surface area contributed by atoms with Crippen molar-refractivity contribution in [3.8, 4) is 10.6 Å². The number of halogens is 1. The van der Waals surface area contributed by atoms with Gasteiger partial charge in [-0.15, -0.1) is 11.3 Å². The highest BCUT2D eigenvalue weighted by atomic mass is 35.5. The number of ketones is 1. The van der Waals surface area contributed by atoms with Crippen LogP contribution in [0, 0.1) is 5.92 Å². The summed E-state index contributed by atoms with van der Waals surface area (Å²) in [4.78, 5) is 26.9. The van der Waals surface area contributed by atoms with E-state index in [-0.39, 0.29) is 18.6 Å². The summed E-state index contributed by atoms with van der Waals surface area (Å²) < 4.78 is 0. The first-order valence-electron chi connectivity index (χ1n) is 6.41. The van der Waals surface area contributed by atoms with Gasteiger partial charge in [-0.2, -0.15) is 0 Å². The topological polar surface area (TPSA) is 67.3 Å². The number of carboxylic acid groups (broad SMARTS) is 1. The van der Waals surface area contributed by atoms with E-state index in [1.165, 1.54) is 18.3 Å². The molecule has 0 spiro atoms. The summed E-state index contributed by atoms with van der Waals surface area (Å²) in [5.41, 5.74) is 1.49. The molecule has 1 atom stereocenters. The number of benzene rings is 1. The average molecular weight is 324 g/mol. The van der Waals surface area contributed by atoms with Crippen LogP contribution in [-0.4, -0.2) is 21.8 Å². The zero-order chi connectivity index (χ0) is 15.4. The van der Waals surface area contributed by atoms with Crippen molar-refractivity contribution in [2.75, 3.05) is 0 Å². The highest BCUT2D eigenvalue weighted by Gasteiger charge is 2.17. The minimum atomic E-state index is -0.960. The van der Waals surface area contributed by atoms with Gasteiger partial charge in [-0.05, 0) is 6.07 Å². The Balaban J connectivity index is 2.06. The Bertz CT molecular complexity index is 668. The molecule has 0 unspecified atom stereocenters. The van der Waals surface area contributed by atoms with Gasteiger partial charge < -0.3 is 5.11 Å². The van der Waals surface area contributed by atoms with Crippen LogP contribution in [0.5, 0.6) is 0 Å². The Labute approximate surface area is 131 Å². The summed E-state index contributed by atoms with van der Waals surface area (Å²) in [5.74, 6) is -1.75. The Kier molecular flexibility index (Phi) is 5.09. The van der Waals surface area contributed by atoms with Gasteiger partial charge in [0.15, 0.2) is 0 Å². The molecule has 6 heteroatoms. The van der Waals surface area contributed by atoms with Gasteiger partial charge >= 0.3 is 5.97 Å². The average Bonchev–Trinajstić information content (AvgIpc) is 2.87. The highest BCUT2D eigenvalue weighted by Crippen LogP contribution is 2.30. The second kappa shape index (κ2) is 6.83. The van der Waals surface area contributed by atoms with Crippen molar-refractivity contribution in [1.29, 1.82) is 0 Å². The molecule has 0 radical (unpaired) electrons. The Morgan fingerprint density at radius 3 is 2.76 bits per heavy atom. The fourth-order valence-corrected chi connectivity index (χ4v) is 2.99. The van der Waals surface area contributed by atoms with Crippen molar-refractivity contribution in [3.05, 3.63) is 40.4 Å². The van der Waals surface area contributed by atoms with Gasteiger partial charge in [0.2, 0.25) is 0 Å². The zero-order valence-corrected chi connectivity index (χ0v) is 12.9. The molecule has 0 saturated heterocycles. The summed E-state index contributed by atoms with van der Waals surface area (Å²) >= 11 is 7.53. The number of nitrogens with zero attached hydrogens (tertiary/aromatic N) is 1. The summed E-state index contributed by atoms with van der Waals surface area (Å²) in [5, 5.41) is 12.0. The van der Waals surface area contributed by atoms with E-state index >= 15 is 0 Å². The third kappa shape index (κ3) is 4.12. The van der Waals surface area contributed by atoms with E-state index in [0.29, 0.717) is 10.7 Å². The Morgan fingerprint density at radius 1 is 1.38 bits per heavy atom. The summed E-state index contributed by atoms with van der Waals surface area (Å²) in [6.07, 6.45) is 0.173. The van der Waals surface area contributed by atoms with Gasteiger partial charge in [-0.3, -0.25) is 9.59 Å². The van der Waals surface area contributed by atoms with E-state index in [0.717, 1.165) is 10.6 Å². The smallest absolute Gasteiger partial charge is 0.306 e. The molecule has 0 aliphatic carbocycles. The van der Waals surface area contributed by atoms with Gasteiger partial charge in [0.05, 0.1) is 16.6 Å². The molecule has 4 nitrogen and oxygen atoms in total. The molecule has 0 aliphatic rings. The molecule has 1 aromatic heterocycles. The monoisotopic (exact) mass is 323 g/mol. The lowest BCUT2D eigenvalue weighted by molar-refractivity contribution is -0.143. The molecule has 0 amide bonds. The molecule has 2 aromatic rings. The maximum atomic E-state index is 11.8. The number of Topliss-reactive ketones (excluding diaryl/α,β-unsaturated/α-hetero) is 1. The van der Waals surface area contributed by atoms with E-state index in [1.54, 1.807) is 6.07 Å². The second-order valence-electron chi connectivity index (χ2n) is 4.78. The fourth-order valence-electron chi connectivity index (χ4n) is 1.85. The van der Waals surface area contributed by atoms with Crippen LogP contribution in [-0.2, 0) is 16.0 Å². The molecular weight excluding hydrogens is 310 g/mol. The number of rotatable bonds is 6. The number of aromatic nitrogens is 1. The number of carboxylic acids is 1. The van der Waals surface area contributed by atoms with Crippen LogP contribution in [0.15, 0.2) is 29.6 Å². The standard InChI is InChI=1S/C15H14ClNO3S/c1-9(15(19)20)6-11(18)7-10-8-21-14(17-10)12-4-2-3-5-13(12)16/h2-5,8-9H,6-7H2,1H3,(H,19,20)/t9-/m0/s1. The number of thiazole rings is 1. The lowest BCUT2D eigenvalue weighted by Crippen LogP contribution is -2.16. The predicted octanol–water partition coefficient (Wildman–Crippen LogP) is 3.69. The van der Waals surface area contributed by atoms with E-state index in [2.05, 4.69) is 4.98 Å². The lowest BCUT2D eigenvalue weighted by atomic mass is 10.0. The maximum absolute atomic E-state index is 11.8. The third-order valence-electron chi connectivity index (χ3n) is 2.99. The van der Waals surface area contributed by atoms with E-state index in [1.807, 2.05) is 23.6 Å². The van der Waals surface area contributed by atoms with Crippen molar-refractivity contribution in [3.63, 3.8) is 0 Å². The first kappa shape index (κ1) is 15.7. The van der Waals surface area contributed by atoms with Crippen molar-refractivity contribution < 1.29 is 14.7 Å². The predicted molar refractivity (Wildman–Crippen MR) is 82.7 cm³/mol. The fraction of sp³-hybridized carbons (Fsp3) is 0.267. The third-order valence-corrected chi connectivity index (χ3v) is 4.24. The van der Waals surface area contributed by atoms with Crippen molar-refractivity contribution in [2.45, 2.75) is 19.8 Å². The molecule has 0 fully saturated rings. The van der Waals surface area contributed by atoms with Crippen LogP contribution >= 0.6 is 22.9 Å². The number of hydrogen-bond acceptors (Lipinski definition) is 4. The van der Waals surface area contributed by atoms with Crippen LogP contribution in [0.2, 0.25) is 5.02 Å². The molecule has 1 heterocycles. The SMILES string of the molecule is C[C@@H](CC(=O)Cc1csc(-c2ccccc2Cl)n1)C(=O)O. The summed E-state index contributed by atoms with van der Waals surface area (Å²) in [6.45, 7) is 1.52. The molecule has 1 aromatic carbocycles. The number of aliphatic carboxylic acids is 1. The molecule has 0 bridgehead atoms. The van der Waals surface area contributed by atoms with Crippen LogP contribution < -0.4 is 0 Å². The van der Waals surface area contributed by atoms with Crippen LogP contribution in [0.1, 0.15) is 19.0 Å². The minimum absolute atomic E-state index is 0.0221. The molecule has 0 aliphatic heterocycles. The van der Waals surface area contributed by atoms with Gasteiger partial charge in [0.25, 0.3) is 0 Å². The van der Waals surface area contributed by atoms with Crippen molar-refractivity contribution >= 4 is 34.7 Å². The molecule has 110 valence electrons. The second-order valence-corrected chi connectivity index (χ2v) is 6.05. The van der Waals surface area contributed by atoms with Gasteiger partial charge in [0.1, 0.15) is 10.8 Å². The zero-order valence-electron chi connectivity index (χ0n) is 11.4. The number of carbonyl (C=O) groups excluding carboxylic acids is 1. The number of hydrogen-bond donors (Lipinski definition) is 1. The van der Waals surface area contributed by atoms with Gasteiger partial charge in [-0.25, -0.2) is 4.98 Å². The molecule has 21 heavy (non-hydrogen) atoms.